The van der Waals surface area contributed by atoms with E-state index in [-0.39, 0.29) is 11.9 Å². The second-order valence-electron chi connectivity index (χ2n) is 6.49. The maximum atomic E-state index is 12.7. The van der Waals surface area contributed by atoms with Gasteiger partial charge in [0, 0.05) is 25.8 Å². The van der Waals surface area contributed by atoms with Crippen molar-refractivity contribution in [2.75, 3.05) is 25.0 Å². The lowest BCUT2D eigenvalue weighted by Gasteiger charge is -2.44. The van der Waals surface area contributed by atoms with E-state index < -0.39 is 0 Å². The van der Waals surface area contributed by atoms with E-state index in [1.54, 1.807) is 9.42 Å². The second kappa shape index (κ2) is 5.54. The van der Waals surface area contributed by atoms with Crippen LogP contribution < -0.4 is 4.90 Å². The Morgan fingerprint density at radius 2 is 2.00 bits per heavy atom. The van der Waals surface area contributed by atoms with Gasteiger partial charge in [0.05, 0.1) is 17.3 Å². The average Bonchev–Trinajstić information content (AvgIpc) is 3.08. The number of nitrogens with zero attached hydrogens (tertiary/aromatic N) is 7. The van der Waals surface area contributed by atoms with Crippen LogP contribution in [0.1, 0.15) is 27.6 Å². The molecule has 1 N–H and O–H groups in total. The van der Waals surface area contributed by atoms with Crippen LogP contribution in [0.15, 0.2) is 12.1 Å². The number of hydrogen-bond donors (Lipinski definition) is 1. The molecule has 1 aliphatic heterocycles. The number of carbonyl (C=O) groups excluding carboxylic acids is 1. The summed E-state index contributed by atoms with van der Waals surface area (Å²) in [4.78, 5) is 16.7. The molecule has 1 aliphatic rings. The molecule has 4 heterocycles. The number of likely N-dealkylation sites (N-methyl/N-ethyl adjacent to an activating group) is 1. The number of aryl methyl sites for hydroxylation is 3. The predicted molar refractivity (Wildman–Crippen MR) is 91.7 cm³/mol. The zero-order chi connectivity index (χ0) is 17.7. The Balaban J connectivity index is 1.47. The van der Waals surface area contributed by atoms with Gasteiger partial charge in [0.1, 0.15) is 5.82 Å². The molecule has 9 heteroatoms. The third-order valence-corrected chi connectivity index (χ3v) is 4.80. The lowest BCUT2D eigenvalue weighted by Crippen LogP contribution is -2.60. The molecule has 0 aromatic carbocycles. The summed E-state index contributed by atoms with van der Waals surface area (Å²) < 4.78 is 1.73. The quantitative estimate of drug-likeness (QED) is 0.755. The van der Waals surface area contributed by atoms with Crippen molar-refractivity contribution in [3.05, 3.63) is 34.9 Å². The normalized spacial score (nSPS) is 14.8. The van der Waals surface area contributed by atoms with E-state index in [1.807, 2.05) is 40.0 Å². The highest BCUT2D eigenvalue weighted by Crippen LogP contribution is 2.23. The van der Waals surface area contributed by atoms with Crippen LogP contribution in [0.4, 0.5) is 5.82 Å². The first kappa shape index (κ1) is 15.6. The van der Waals surface area contributed by atoms with Gasteiger partial charge in [0.25, 0.3) is 5.91 Å². The van der Waals surface area contributed by atoms with E-state index in [1.165, 1.54) is 0 Å². The Morgan fingerprint density at radius 1 is 1.24 bits per heavy atom. The van der Waals surface area contributed by atoms with E-state index in [4.69, 9.17) is 0 Å². The number of H-pyrrole nitrogens is 1. The summed E-state index contributed by atoms with van der Waals surface area (Å²) in [5.41, 5.74) is 2.94. The number of anilines is 1. The van der Waals surface area contributed by atoms with E-state index >= 15 is 0 Å². The van der Waals surface area contributed by atoms with E-state index in [2.05, 4.69) is 30.4 Å². The third kappa shape index (κ3) is 2.43. The maximum absolute atomic E-state index is 12.7. The molecule has 0 spiro atoms. The van der Waals surface area contributed by atoms with E-state index in [0.29, 0.717) is 5.56 Å². The first-order valence-electron chi connectivity index (χ1n) is 8.18. The van der Waals surface area contributed by atoms with Gasteiger partial charge in [0.15, 0.2) is 11.5 Å². The Hall–Kier alpha value is -2.97. The summed E-state index contributed by atoms with van der Waals surface area (Å²) in [6, 6.07) is 4.00. The van der Waals surface area contributed by atoms with Crippen molar-refractivity contribution in [2.45, 2.75) is 26.8 Å². The maximum Gasteiger partial charge on any atom is 0.257 e. The largest absolute Gasteiger partial charge is 0.351 e. The van der Waals surface area contributed by atoms with Crippen molar-refractivity contribution in [2.24, 2.45) is 0 Å². The highest BCUT2D eigenvalue weighted by atomic mass is 16.2. The van der Waals surface area contributed by atoms with Crippen LogP contribution in [0.25, 0.3) is 5.65 Å². The first-order chi connectivity index (χ1) is 12.0. The summed E-state index contributed by atoms with van der Waals surface area (Å²) in [6.07, 6.45) is 0. The fraction of sp³-hybridized carbons (Fsp3) is 0.438. The Labute approximate surface area is 144 Å². The Morgan fingerprint density at radius 3 is 2.68 bits per heavy atom. The van der Waals surface area contributed by atoms with Crippen LogP contribution in [0, 0.1) is 20.8 Å². The van der Waals surface area contributed by atoms with Crippen LogP contribution >= 0.6 is 0 Å². The molecule has 0 aliphatic carbocycles. The van der Waals surface area contributed by atoms with Crippen LogP contribution in [0.3, 0.4) is 0 Å². The van der Waals surface area contributed by atoms with Gasteiger partial charge >= 0.3 is 0 Å². The first-order valence-corrected chi connectivity index (χ1v) is 8.18. The molecule has 1 fully saturated rings. The molecular weight excluding hydrogens is 320 g/mol. The summed E-state index contributed by atoms with van der Waals surface area (Å²) in [7, 11) is 1.84. The standard InChI is InChI=1S/C16H20N8O/c1-9-15(10(2)18-17-9)16(25)22(4)12-7-23(8-12)14-6-5-13-20-19-11(3)24(13)21-14/h5-6,12H,7-8H2,1-4H3,(H,17,18). The fourth-order valence-electron chi connectivity index (χ4n) is 3.15. The minimum atomic E-state index is 0.00599. The molecule has 4 rings (SSSR count). The molecular formula is C16H20N8O. The summed E-state index contributed by atoms with van der Waals surface area (Å²) in [5.74, 6) is 1.63. The van der Waals surface area contributed by atoms with Gasteiger partial charge < -0.3 is 9.80 Å². The molecule has 130 valence electrons. The third-order valence-electron chi connectivity index (χ3n) is 4.80. The van der Waals surface area contributed by atoms with Gasteiger partial charge in [-0.25, -0.2) is 0 Å². The van der Waals surface area contributed by atoms with Gasteiger partial charge in [-0.2, -0.15) is 9.61 Å². The van der Waals surface area contributed by atoms with Crippen LogP contribution in [0.5, 0.6) is 0 Å². The lowest BCUT2D eigenvalue weighted by atomic mass is 10.1. The Kier molecular flexibility index (Phi) is 3.45. The van der Waals surface area contributed by atoms with Gasteiger partial charge in [0.2, 0.25) is 0 Å². The SMILES string of the molecule is Cc1n[nH]c(C)c1C(=O)N(C)C1CN(c2ccc3nnc(C)n3n2)C1. The predicted octanol–water partition coefficient (Wildman–Crippen LogP) is 0.733. The minimum Gasteiger partial charge on any atom is -0.351 e. The van der Waals surface area contributed by atoms with E-state index in [9.17, 15) is 4.79 Å². The van der Waals surface area contributed by atoms with Crippen molar-refractivity contribution in [3.8, 4) is 0 Å². The molecule has 3 aromatic heterocycles. The van der Waals surface area contributed by atoms with Crippen molar-refractivity contribution in [1.29, 1.82) is 0 Å². The molecule has 25 heavy (non-hydrogen) atoms. The van der Waals surface area contributed by atoms with Crippen molar-refractivity contribution < 1.29 is 4.79 Å². The number of rotatable bonds is 3. The van der Waals surface area contributed by atoms with Gasteiger partial charge in [-0.1, -0.05) is 0 Å². The molecule has 9 nitrogen and oxygen atoms in total. The second-order valence-corrected chi connectivity index (χ2v) is 6.49. The van der Waals surface area contributed by atoms with Crippen molar-refractivity contribution in [1.82, 2.24) is 34.9 Å². The molecule has 3 aromatic rings. The highest BCUT2D eigenvalue weighted by molar-refractivity contribution is 5.96. The monoisotopic (exact) mass is 340 g/mol. The smallest absolute Gasteiger partial charge is 0.257 e. The number of carbonyl (C=O) groups is 1. The number of fused-ring (bicyclic) bond motifs is 1. The van der Waals surface area contributed by atoms with Crippen molar-refractivity contribution >= 4 is 17.4 Å². The minimum absolute atomic E-state index is 0.00599. The molecule has 0 radical (unpaired) electrons. The summed E-state index contributed by atoms with van der Waals surface area (Å²) in [5, 5.41) is 19.6. The molecule has 1 saturated heterocycles. The van der Waals surface area contributed by atoms with Gasteiger partial charge in [-0.15, -0.1) is 15.3 Å². The summed E-state index contributed by atoms with van der Waals surface area (Å²) >= 11 is 0. The number of aromatic amines is 1. The van der Waals surface area contributed by atoms with E-state index in [0.717, 1.165) is 41.8 Å². The average molecular weight is 340 g/mol. The zero-order valence-electron chi connectivity index (χ0n) is 14.7. The highest BCUT2D eigenvalue weighted by Gasteiger charge is 2.35. The molecule has 0 bridgehead atoms. The number of aromatic nitrogens is 6. The Bertz CT molecular complexity index is 933. The summed E-state index contributed by atoms with van der Waals surface area (Å²) in [6.45, 7) is 7.08. The molecule has 0 saturated carbocycles. The molecule has 0 unspecified atom stereocenters. The van der Waals surface area contributed by atoms with Gasteiger partial charge in [-0.3, -0.25) is 9.89 Å². The number of amides is 1. The fourth-order valence-corrected chi connectivity index (χ4v) is 3.15. The molecule has 0 atom stereocenters. The van der Waals surface area contributed by atoms with Gasteiger partial charge in [-0.05, 0) is 32.9 Å². The van der Waals surface area contributed by atoms with Crippen LogP contribution in [-0.4, -0.2) is 67.0 Å². The lowest BCUT2D eigenvalue weighted by molar-refractivity contribution is 0.0703. The topological polar surface area (TPSA) is 95.3 Å². The van der Waals surface area contributed by atoms with Crippen LogP contribution in [-0.2, 0) is 0 Å². The zero-order valence-corrected chi connectivity index (χ0v) is 14.7. The number of hydrogen-bond acceptors (Lipinski definition) is 6. The number of nitrogens with one attached hydrogen (secondary N) is 1. The van der Waals surface area contributed by atoms with Crippen LogP contribution in [0.2, 0.25) is 0 Å². The van der Waals surface area contributed by atoms with Crippen molar-refractivity contribution in [3.63, 3.8) is 0 Å². The molecule has 1 amide bonds.